The van der Waals surface area contributed by atoms with Crippen LogP contribution in [0.25, 0.3) is 0 Å². The molecule has 1 atom stereocenters. The molecule has 3 N–H and O–H groups in total. The molecule has 1 aromatic heterocycles. The molecule has 0 aromatic carbocycles. The van der Waals surface area contributed by atoms with Crippen molar-refractivity contribution in [2.24, 2.45) is 0 Å². The SMILES string of the molecule is CNc1ncc([N+](=O)[O-])cc1C(=O)NCC1CCC(=O)N1. The molecular weight excluding hydrogens is 278 g/mol. The molecule has 1 fully saturated rings. The summed E-state index contributed by atoms with van der Waals surface area (Å²) in [7, 11) is 1.57. The number of amides is 2. The lowest BCUT2D eigenvalue weighted by Crippen LogP contribution is -2.38. The van der Waals surface area contributed by atoms with Crippen LogP contribution in [0.5, 0.6) is 0 Å². The third-order valence-electron chi connectivity index (χ3n) is 3.16. The largest absolute Gasteiger partial charge is 0.372 e. The summed E-state index contributed by atoms with van der Waals surface area (Å²) in [5.74, 6) is -0.257. The van der Waals surface area contributed by atoms with E-state index in [-0.39, 0.29) is 35.6 Å². The highest BCUT2D eigenvalue weighted by atomic mass is 16.6. The molecule has 1 aromatic rings. The number of carbonyl (C=O) groups is 2. The molecule has 9 nitrogen and oxygen atoms in total. The van der Waals surface area contributed by atoms with Gasteiger partial charge in [0, 0.05) is 32.1 Å². The average Bonchev–Trinajstić information content (AvgIpc) is 2.89. The van der Waals surface area contributed by atoms with Crippen LogP contribution < -0.4 is 16.0 Å². The lowest BCUT2D eigenvalue weighted by Gasteiger charge is -2.12. The molecule has 21 heavy (non-hydrogen) atoms. The topological polar surface area (TPSA) is 126 Å². The summed E-state index contributed by atoms with van der Waals surface area (Å²) < 4.78 is 0. The number of anilines is 1. The molecule has 9 heteroatoms. The van der Waals surface area contributed by atoms with Crippen LogP contribution in [0, 0.1) is 10.1 Å². The molecule has 1 aliphatic rings. The highest BCUT2D eigenvalue weighted by Gasteiger charge is 2.22. The normalized spacial score (nSPS) is 17.2. The van der Waals surface area contributed by atoms with E-state index in [1.165, 1.54) is 6.07 Å². The summed E-state index contributed by atoms with van der Waals surface area (Å²) in [5, 5.41) is 18.8. The van der Waals surface area contributed by atoms with Gasteiger partial charge in [0.05, 0.1) is 10.5 Å². The van der Waals surface area contributed by atoms with E-state index >= 15 is 0 Å². The van der Waals surface area contributed by atoms with E-state index in [2.05, 4.69) is 20.9 Å². The van der Waals surface area contributed by atoms with Gasteiger partial charge in [-0.1, -0.05) is 0 Å². The Hall–Kier alpha value is -2.71. The lowest BCUT2D eigenvalue weighted by atomic mass is 10.2. The van der Waals surface area contributed by atoms with E-state index in [1.807, 2.05) is 0 Å². The molecule has 0 bridgehead atoms. The summed E-state index contributed by atoms with van der Waals surface area (Å²) in [5.41, 5.74) is -0.163. The number of nitrogens with one attached hydrogen (secondary N) is 3. The van der Waals surface area contributed by atoms with E-state index in [1.54, 1.807) is 7.05 Å². The van der Waals surface area contributed by atoms with Crippen LogP contribution in [0.2, 0.25) is 0 Å². The van der Waals surface area contributed by atoms with E-state index in [0.29, 0.717) is 12.8 Å². The highest BCUT2D eigenvalue weighted by Crippen LogP contribution is 2.18. The molecule has 2 amide bonds. The number of aromatic nitrogens is 1. The minimum Gasteiger partial charge on any atom is -0.372 e. The number of rotatable bonds is 5. The Morgan fingerprint density at radius 3 is 2.95 bits per heavy atom. The molecule has 0 spiro atoms. The first-order valence-electron chi connectivity index (χ1n) is 6.41. The van der Waals surface area contributed by atoms with Crippen molar-refractivity contribution in [1.82, 2.24) is 15.6 Å². The highest BCUT2D eigenvalue weighted by molar-refractivity contribution is 5.99. The summed E-state index contributed by atoms with van der Waals surface area (Å²) in [4.78, 5) is 37.2. The molecule has 0 aliphatic carbocycles. The van der Waals surface area contributed by atoms with Gasteiger partial charge >= 0.3 is 0 Å². The van der Waals surface area contributed by atoms with Gasteiger partial charge in [-0.25, -0.2) is 4.98 Å². The number of hydrogen-bond acceptors (Lipinski definition) is 6. The van der Waals surface area contributed by atoms with Crippen molar-refractivity contribution in [2.45, 2.75) is 18.9 Å². The maximum atomic E-state index is 12.1. The van der Waals surface area contributed by atoms with Crippen molar-refractivity contribution < 1.29 is 14.5 Å². The van der Waals surface area contributed by atoms with Crippen LogP contribution in [0.3, 0.4) is 0 Å². The van der Waals surface area contributed by atoms with Crippen LogP contribution in [0.15, 0.2) is 12.3 Å². The molecule has 0 saturated carbocycles. The molecule has 1 saturated heterocycles. The van der Waals surface area contributed by atoms with Crippen molar-refractivity contribution in [3.05, 3.63) is 27.9 Å². The average molecular weight is 293 g/mol. The molecule has 0 radical (unpaired) electrons. The second-order valence-corrected chi connectivity index (χ2v) is 4.61. The first-order valence-corrected chi connectivity index (χ1v) is 6.41. The van der Waals surface area contributed by atoms with Gasteiger partial charge in [-0.15, -0.1) is 0 Å². The number of nitro groups is 1. The fourth-order valence-corrected chi connectivity index (χ4v) is 2.07. The van der Waals surface area contributed by atoms with E-state index in [9.17, 15) is 19.7 Å². The van der Waals surface area contributed by atoms with Gasteiger partial charge in [0.15, 0.2) is 0 Å². The fraction of sp³-hybridized carbons (Fsp3) is 0.417. The maximum absolute atomic E-state index is 12.1. The molecule has 2 rings (SSSR count). The van der Waals surface area contributed by atoms with E-state index in [4.69, 9.17) is 0 Å². The van der Waals surface area contributed by atoms with Gasteiger partial charge in [-0.05, 0) is 6.42 Å². The number of carbonyl (C=O) groups excluding carboxylic acids is 2. The maximum Gasteiger partial charge on any atom is 0.288 e. The van der Waals surface area contributed by atoms with Gasteiger partial charge < -0.3 is 16.0 Å². The predicted octanol–water partition coefficient (Wildman–Crippen LogP) is 0.0399. The second kappa shape index (κ2) is 6.16. The quantitative estimate of drug-likeness (QED) is 0.519. The summed E-state index contributed by atoms with van der Waals surface area (Å²) in [6, 6.07) is 1.06. The summed E-state index contributed by atoms with van der Waals surface area (Å²) in [6.07, 6.45) is 2.19. The van der Waals surface area contributed by atoms with Gasteiger partial charge in [0.2, 0.25) is 5.91 Å². The zero-order chi connectivity index (χ0) is 15.4. The summed E-state index contributed by atoms with van der Waals surface area (Å²) in [6.45, 7) is 0.274. The number of nitrogens with zero attached hydrogens (tertiary/aromatic N) is 2. The van der Waals surface area contributed by atoms with Gasteiger partial charge in [-0.3, -0.25) is 19.7 Å². The Bertz CT molecular complexity index is 589. The van der Waals surface area contributed by atoms with Gasteiger partial charge in [-0.2, -0.15) is 0 Å². The van der Waals surface area contributed by atoms with E-state index < -0.39 is 10.8 Å². The summed E-state index contributed by atoms with van der Waals surface area (Å²) >= 11 is 0. The molecular formula is C12H15N5O4. The Morgan fingerprint density at radius 2 is 2.38 bits per heavy atom. The molecule has 112 valence electrons. The third kappa shape index (κ3) is 3.44. The van der Waals surface area contributed by atoms with Crippen LogP contribution in [-0.2, 0) is 4.79 Å². The third-order valence-corrected chi connectivity index (χ3v) is 3.16. The van der Waals surface area contributed by atoms with Gasteiger partial charge in [0.1, 0.15) is 12.0 Å². The van der Waals surface area contributed by atoms with Crippen LogP contribution >= 0.6 is 0 Å². The second-order valence-electron chi connectivity index (χ2n) is 4.61. The first-order chi connectivity index (χ1) is 10.0. The Balaban J connectivity index is 2.08. The first kappa shape index (κ1) is 14.7. The van der Waals surface area contributed by atoms with Crippen LogP contribution in [0.4, 0.5) is 11.5 Å². The fourth-order valence-electron chi connectivity index (χ4n) is 2.07. The predicted molar refractivity (Wildman–Crippen MR) is 73.9 cm³/mol. The Labute approximate surface area is 120 Å². The number of pyridine rings is 1. The van der Waals surface area contributed by atoms with Crippen LogP contribution in [0.1, 0.15) is 23.2 Å². The van der Waals surface area contributed by atoms with Crippen molar-refractivity contribution >= 4 is 23.3 Å². The van der Waals surface area contributed by atoms with Crippen molar-refractivity contribution in [2.75, 3.05) is 18.9 Å². The minimum absolute atomic E-state index is 0.0396. The minimum atomic E-state index is -0.611. The zero-order valence-electron chi connectivity index (χ0n) is 11.4. The van der Waals surface area contributed by atoms with Gasteiger partial charge in [0.25, 0.3) is 11.6 Å². The zero-order valence-corrected chi connectivity index (χ0v) is 11.4. The Morgan fingerprint density at radius 1 is 1.62 bits per heavy atom. The molecule has 2 heterocycles. The van der Waals surface area contributed by atoms with Crippen LogP contribution in [-0.4, -0.2) is 41.4 Å². The molecule has 1 aliphatic heterocycles. The smallest absolute Gasteiger partial charge is 0.288 e. The van der Waals surface area contributed by atoms with E-state index in [0.717, 1.165) is 6.20 Å². The van der Waals surface area contributed by atoms with Crippen molar-refractivity contribution in [1.29, 1.82) is 0 Å². The Kier molecular flexibility index (Phi) is 4.31. The number of hydrogen-bond donors (Lipinski definition) is 3. The van der Waals surface area contributed by atoms with Crippen molar-refractivity contribution in [3.8, 4) is 0 Å². The van der Waals surface area contributed by atoms with Crippen molar-refractivity contribution in [3.63, 3.8) is 0 Å². The lowest BCUT2D eigenvalue weighted by molar-refractivity contribution is -0.385. The monoisotopic (exact) mass is 293 g/mol. The standard InChI is InChI=1S/C12H15N5O4/c1-13-11-9(4-8(6-14-11)17(20)21)12(19)15-5-7-2-3-10(18)16-7/h4,6-7H,2-3,5H2,1H3,(H,13,14)(H,15,19)(H,16,18). The molecule has 1 unspecified atom stereocenters.